The van der Waals surface area contributed by atoms with E-state index in [1.165, 1.54) is 17.9 Å². The van der Waals surface area contributed by atoms with Crippen LogP contribution < -0.4 is 5.32 Å². The van der Waals surface area contributed by atoms with E-state index in [0.717, 1.165) is 31.0 Å². The fourth-order valence-corrected chi connectivity index (χ4v) is 2.47. The first-order valence-corrected chi connectivity index (χ1v) is 7.64. The Morgan fingerprint density at radius 2 is 2.22 bits per heavy atom. The van der Waals surface area contributed by atoms with Crippen molar-refractivity contribution >= 4 is 17.4 Å². The highest BCUT2D eigenvalue weighted by Gasteiger charge is 2.03. The number of fused-ring (bicyclic) bond motifs is 1. The van der Waals surface area contributed by atoms with Crippen LogP contribution in [-0.4, -0.2) is 39.2 Å². The molecule has 1 N–H and O–H groups in total. The maximum Gasteiger partial charge on any atom is 0.160 e. The third kappa shape index (κ3) is 3.71. The van der Waals surface area contributed by atoms with E-state index in [4.69, 9.17) is 0 Å². The van der Waals surface area contributed by atoms with Gasteiger partial charge in [0, 0.05) is 19.2 Å². The number of hydrogen-bond acceptors (Lipinski definition) is 4. The topological polar surface area (TPSA) is 42.2 Å². The molecule has 0 aliphatic carbocycles. The molecule has 4 nitrogen and oxygen atoms in total. The maximum absolute atomic E-state index is 4.21. The third-order valence-corrected chi connectivity index (χ3v) is 3.74. The van der Waals surface area contributed by atoms with Crippen LogP contribution in [0.3, 0.4) is 0 Å². The Bertz CT molecular complexity index is 469. The van der Waals surface area contributed by atoms with Gasteiger partial charge in [0.25, 0.3) is 0 Å². The first kappa shape index (κ1) is 13.4. The minimum Gasteiger partial charge on any atom is -0.316 e. The molecule has 2 rings (SSSR count). The zero-order valence-electron chi connectivity index (χ0n) is 10.8. The van der Waals surface area contributed by atoms with E-state index in [0.29, 0.717) is 0 Å². The van der Waals surface area contributed by atoms with Gasteiger partial charge in [-0.25, -0.2) is 0 Å². The highest BCUT2D eigenvalue weighted by molar-refractivity contribution is 7.99. The van der Waals surface area contributed by atoms with Crippen molar-refractivity contribution in [1.29, 1.82) is 0 Å². The Balaban J connectivity index is 1.70. The SMILES string of the molecule is CCSCCCNCCc1nnc2ccccn12. The van der Waals surface area contributed by atoms with Crippen molar-refractivity contribution in [2.24, 2.45) is 0 Å². The van der Waals surface area contributed by atoms with Crippen LogP contribution in [0, 0.1) is 0 Å². The fourth-order valence-electron chi connectivity index (χ4n) is 1.83. The lowest BCUT2D eigenvalue weighted by Crippen LogP contribution is -2.19. The predicted molar refractivity (Wildman–Crippen MR) is 77.2 cm³/mol. The van der Waals surface area contributed by atoms with E-state index < -0.39 is 0 Å². The molecule has 2 aromatic heterocycles. The molecule has 0 saturated heterocycles. The summed E-state index contributed by atoms with van der Waals surface area (Å²) < 4.78 is 2.05. The van der Waals surface area contributed by atoms with Gasteiger partial charge >= 0.3 is 0 Å². The van der Waals surface area contributed by atoms with E-state index in [9.17, 15) is 0 Å². The van der Waals surface area contributed by atoms with Crippen LogP contribution in [-0.2, 0) is 6.42 Å². The maximum atomic E-state index is 4.21. The van der Waals surface area contributed by atoms with Crippen molar-refractivity contribution in [3.8, 4) is 0 Å². The van der Waals surface area contributed by atoms with Gasteiger partial charge in [-0.2, -0.15) is 11.8 Å². The summed E-state index contributed by atoms with van der Waals surface area (Å²) >= 11 is 2.00. The van der Waals surface area contributed by atoms with Crippen LogP contribution in [0.5, 0.6) is 0 Å². The van der Waals surface area contributed by atoms with Gasteiger partial charge in [0.05, 0.1) is 0 Å². The van der Waals surface area contributed by atoms with Crippen LogP contribution in [0.4, 0.5) is 0 Å². The molecule has 0 radical (unpaired) electrons. The molecule has 18 heavy (non-hydrogen) atoms. The van der Waals surface area contributed by atoms with Crippen LogP contribution in [0.15, 0.2) is 24.4 Å². The molecule has 0 aromatic carbocycles. The summed E-state index contributed by atoms with van der Waals surface area (Å²) in [6.07, 6.45) is 4.17. The predicted octanol–water partition coefficient (Wildman–Crippen LogP) is 2.00. The lowest BCUT2D eigenvalue weighted by atomic mass is 10.3. The van der Waals surface area contributed by atoms with E-state index in [-0.39, 0.29) is 0 Å². The van der Waals surface area contributed by atoms with E-state index in [1.54, 1.807) is 0 Å². The van der Waals surface area contributed by atoms with Crippen molar-refractivity contribution in [3.05, 3.63) is 30.2 Å². The molecule has 0 aliphatic rings. The second-order valence-corrected chi connectivity index (χ2v) is 5.49. The molecule has 0 spiro atoms. The second-order valence-electron chi connectivity index (χ2n) is 4.10. The molecule has 98 valence electrons. The van der Waals surface area contributed by atoms with Crippen LogP contribution >= 0.6 is 11.8 Å². The molecule has 5 heteroatoms. The number of rotatable bonds is 8. The number of pyridine rings is 1. The fraction of sp³-hybridized carbons (Fsp3) is 0.538. The monoisotopic (exact) mass is 264 g/mol. The highest BCUT2D eigenvalue weighted by atomic mass is 32.2. The van der Waals surface area contributed by atoms with Gasteiger partial charge in [-0.15, -0.1) is 10.2 Å². The minimum absolute atomic E-state index is 0.923. The quantitative estimate of drug-likeness (QED) is 0.741. The molecular formula is C13H20N4S. The largest absolute Gasteiger partial charge is 0.316 e. The number of hydrogen-bond donors (Lipinski definition) is 1. The molecule has 2 heterocycles. The van der Waals surface area contributed by atoms with Gasteiger partial charge in [0.15, 0.2) is 5.65 Å². The summed E-state index contributed by atoms with van der Waals surface area (Å²) in [6, 6.07) is 5.97. The Hall–Kier alpha value is -1.07. The average Bonchev–Trinajstić information content (AvgIpc) is 2.81. The normalized spacial score (nSPS) is 11.2. The van der Waals surface area contributed by atoms with Crippen molar-refractivity contribution in [2.75, 3.05) is 24.6 Å². The van der Waals surface area contributed by atoms with E-state index in [2.05, 4.69) is 26.8 Å². The zero-order chi connectivity index (χ0) is 12.6. The lowest BCUT2D eigenvalue weighted by molar-refractivity contribution is 0.657. The first-order valence-electron chi connectivity index (χ1n) is 6.49. The molecular weight excluding hydrogens is 244 g/mol. The molecule has 0 bridgehead atoms. The zero-order valence-corrected chi connectivity index (χ0v) is 11.6. The van der Waals surface area contributed by atoms with Crippen LogP contribution in [0.1, 0.15) is 19.2 Å². The summed E-state index contributed by atoms with van der Waals surface area (Å²) in [6.45, 7) is 4.25. The van der Waals surface area contributed by atoms with Gasteiger partial charge in [-0.1, -0.05) is 13.0 Å². The minimum atomic E-state index is 0.923. The third-order valence-electron chi connectivity index (χ3n) is 2.76. The number of nitrogens with one attached hydrogen (secondary N) is 1. The molecule has 0 atom stereocenters. The van der Waals surface area contributed by atoms with Gasteiger partial charge in [-0.05, 0) is 36.6 Å². The van der Waals surface area contributed by atoms with Crippen molar-refractivity contribution in [1.82, 2.24) is 19.9 Å². The van der Waals surface area contributed by atoms with E-state index >= 15 is 0 Å². The number of nitrogens with zero attached hydrogens (tertiary/aromatic N) is 3. The Kier molecular flexibility index (Phi) is 5.48. The second kappa shape index (κ2) is 7.38. The molecule has 0 amide bonds. The average molecular weight is 264 g/mol. The summed E-state index contributed by atoms with van der Waals surface area (Å²) in [5, 5.41) is 11.8. The van der Waals surface area contributed by atoms with Gasteiger partial charge in [0.2, 0.25) is 0 Å². The van der Waals surface area contributed by atoms with Crippen LogP contribution in [0.25, 0.3) is 5.65 Å². The summed E-state index contributed by atoms with van der Waals surface area (Å²) in [5.74, 6) is 3.49. The number of aromatic nitrogens is 3. The molecule has 0 aliphatic heterocycles. The van der Waals surface area contributed by atoms with Crippen molar-refractivity contribution in [3.63, 3.8) is 0 Å². The first-order chi connectivity index (χ1) is 8.92. The molecule has 0 unspecified atom stereocenters. The Labute approximate surface area is 112 Å². The smallest absolute Gasteiger partial charge is 0.160 e. The van der Waals surface area contributed by atoms with Gasteiger partial charge in [0.1, 0.15) is 5.82 Å². The highest BCUT2D eigenvalue weighted by Crippen LogP contribution is 2.03. The van der Waals surface area contributed by atoms with E-state index in [1.807, 2.05) is 36.2 Å². The molecule has 0 saturated carbocycles. The Morgan fingerprint density at radius 1 is 1.28 bits per heavy atom. The summed E-state index contributed by atoms with van der Waals surface area (Å²) in [4.78, 5) is 0. The van der Waals surface area contributed by atoms with Crippen molar-refractivity contribution < 1.29 is 0 Å². The standard InChI is InChI=1S/C13H20N4S/c1-2-18-11-5-8-14-9-7-13-16-15-12-6-3-4-10-17(12)13/h3-4,6,10,14H,2,5,7-9,11H2,1H3. The Morgan fingerprint density at radius 3 is 3.11 bits per heavy atom. The van der Waals surface area contributed by atoms with Crippen LogP contribution in [0.2, 0.25) is 0 Å². The van der Waals surface area contributed by atoms with Gasteiger partial charge < -0.3 is 5.32 Å². The lowest BCUT2D eigenvalue weighted by Gasteiger charge is -2.03. The number of thioether (sulfide) groups is 1. The summed E-state index contributed by atoms with van der Waals surface area (Å²) in [7, 11) is 0. The summed E-state index contributed by atoms with van der Waals surface area (Å²) in [5.41, 5.74) is 0.923. The molecule has 2 aromatic rings. The molecule has 0 fully saturated rings. The van der Waals surface area contributed by atoms with Gasteiger partial charge in [-0.3, -0.25) is 4.40 Å². The van der Waals surface area contributed by atoms with Crippen molar-refractivity contribution in [2.45, 2.75) is 19.8 Å².